The SMILES string of the molecule is OC(Cc1ccco1)c1ccc(C(F)F)cc1. The van der Waals surface area contributed by atoms with Gasteiger partial charge in [-0.05, 0) is 17.7 Å². The normalized spacial score (nSPS) is 12.9. The smallest absolute Gasteiger partial charge is 0.263 e. The first-order chi connectivity index (χ1) is 8.16. The minimum Gasteiger partial charge on any atom is -0.469 e. The summed E-state index contributed by atoms with van der Waals surface area (Å²) < 4.78 is 29.8. The topological polar surface area (TPSA) is 33.4 Å². The molecule has 0 fully saturated rings. The Hall–Kier alpha value is -1.68. The molecule has 90 valence electrons. The number of hydrogen-bond acceptors (Lipinski definition) is 2. The molecule has 1 unspecified atom stereocenters. The van der Waals surface area contributed by atoms with Gasteiger partial charge in [-0.25, -0.2) is 8.78 Å². The van der Waals surface area contributed by atoms with Crippen LogP contribution in [0, 0.1) is 0 Å². The van der Waals surface area contributed by atoms with Crippen molar-refractivity contribution in [2.75, 3.05) is 0 Å². The van der Waals surface area contributed by atoms with Crippen molar-refractivity contribution in [1.29, 1.82) is 0 Å². The Bertz CT molecular complexity index is 449. The highest BCUT2D eigenvalue weighted by Crippen LogP contribution is 2.23. The van der Waals surface area contributed by atoms with Gasteiger partial charge in [-0.15, -0.1) is 0 Å². The van der Waals surface area contributed by atoms with E-state index in [1.165, 1.54) is 30.5 Å². The summed E-state index contributed by atoms with van der Waals surface area (Å²) >= 11 is 0. The highest BCUT2D eigenvalue weighted by atomic mass is 19.3. The predicted octanol–water partition coefficient (Wildman–Crippen LogP) is 3.49. The second-order valence-corrected chi connectivity index (χ2v) is 3.77. The van der Waals surface area contributed by atoms with E-state index >= 15 is 0 Å². The zero-order valence-electron chi connectivity index (χ0n) is 9.01. The van der Waals surface area contributed by atoms with E-state index in [9.17, 15) is 13.9 Å². The lowest BCUT2D eigenvalue weighted by molar-refractivity contribution is 0.150. The van der Waals surface area contributed by atoms with E-state index in [0.29, 0.717) is 17.7 Å². The molecule has 17 heavy (non-hydrogen) atoms. The number of halogens is 2. The molecule has 0 saturated heterocycles. The number of aliphatic hydroxyl groups excluding tert-OH is 1. The lowest BCUT2D eigenvalue weighted by Gasteiger charge is -2.10. The first-order valence-corrected chi connectivity index (χ1v) is 5.25. The first-order valence-electron chi connectivity index (χ1n) is 5.25. The highest BCUT2D eigenvalue weighted by molar-refractivity contribution is 5.25. The molecule has 4 heteroatoms. The third-order valence-corrected chi connectivity index (χ3v) is 2.55. The van der Waals surface area contributed by atoms with Crippen LogP contribution in [0.15, 0.2) is 47.1 Å². The third kappa shape index (κ3) is 2.91. The third-order valence-electron chi connectivity index (χ3n) is 2.55. The van der Waals surface area contributed by atoms with Gasteiger partial charge >= 0.3 is 0 Å². The maximum Gasteiger partial charge on any atom is 0.263 e. The molecular formula is C13H12F2O2. The lowest BCUT2D eigenvalue weighted by Crippen LogP contribution is -2.01. The quantitative estimate of drug-likeness (QED) is 0.884. The average Bonchev–Trinajstić information content (AvgIpc) is 2.82. The van der Waals surface area contributed by atoms with E-state index in [4.69, 9.17) is 4.42 Å². The Kier molecular flexibility index (Phi) is 3.54. The minimum absolute atomic E-state index is 0.0426. The summed E-state index contributed by atoms with van der Waals surface area (Å²) in [4.78, 5) is 0. The molecule has 1 heterocycles. The van der Waals surface area contributed by atoms with Gasteiger partial charge in [0.25, 0.3) is 6.43 Å². The molecule has 0 amide bonds. The molecule has 0 spiro atoms. The van der Waals surface area contributed by atoms with Gasteiger partial charge in [-0.3, -0.25) is 0 Å². The molecule has 2 nitrogen and oxygen atoms in total. The van der Waals surface area contributed by atoms with Crippen molar-refractivity contribution >= 4 is 0 Å². The highest BCUT2D eigenvalue weighted by Gasteiger charge is 2.12. The van der Waals surface area contributed by atoms with E-state index < -0.39 is 12.5 Å². The Morgan fingerprint density at radius 1 is 1.06 bits per heavy atom. The van der Waals surface area contributed by atoms with Gasteiger partial charge < -0.3 is 9.52 Å². The fourth-order valence-corrected chi connectivity index (χ4v) is 1.60. The largest absolute Gasteiger partial charge is 0.469 e. The number of furan rings is 1. The van der Waals surface area contributed by atoms with Gasteiger partial charge in [0.1, 0.15) is 5.76 Å². The van der Waals surface area contributed by atoms with Crippen molar-refractivity contribution in [3.8, 4) is 0 Å². The van der Waals surface area contributed by atoms with Crippen LogP contribution in [0.5, 0.6) is 0 Å². The van der Waals surface area contributed by atoms with Gasteiger partial charge in [-0.2, -0.15) is 0 Å². The summed E-state index contributed by atoms with van der Waals surface area (Å²) in [5, 5.41) is 9.87. The molecule has 0 bridgehead atoms. The molecule has 1 N–H and O–H groups in total. The van der Waals surface area contributed by atoms with E-state index in [1.54, 1.807) is 12.1 Å². The Balaban J connectivity index is 2.06. The Labute approximate surface area is 97.5 Å². The molecule has 0 radical (unpaired) electrons. The van der Waals surface area contributed by atoms with Crippen LogP contribution in [0.1, 0.15) is 29.4 Å². The number of aliphatic hydroxyl groups is 1. The fourth-order valence-electron chi connectivity index (χ4n) is 1.60. The molecule has 0 saturated carbocycles. The van der Waals surface area contributed by atoms with E-state index in [2.05, 4.69) is 0 Å². The monoisotopic (exact) mass is 238 g/mol. The van der Waals surface area contributed by atoms with Crippen molar-refractivity contribution in [3.63, 3.8) is 0 Å². The zero-order chi connectivity index (χ0) is 12.3. The van der Waals surface area contributed by atoms with Crippen LogP contribution in [-0.4, -0.2) is 5.11 Å². The van der Waals surface area contributed by atoms with Gasteiger partial charge in [0, 0.05) is 12.0 Å². The van der Waals surface area contributed by atoms with Crippen molar-refractivity contribution in [2.45, 2.75) is 19.0 Å². The summed E-state index contributed by atoms with van der Waals surface area (Å²) in [6.45, 7) is 0. The molecule has 2 aromatic rings. The maximum absolute atomic E-state index is 12.3. The Morgan fingerprint density at radius 2 is 1.71 bits per heavy atom. The van der Waals surface area contributed by atoms with Crippen molar-refractivity contribution < 1.29 is 18.3 Å². The lowest BCUT2D eigenvalue weighted by atomic mass is 10.0. The van der Waals surface area contributed by atoms with Gasteiger partial charge in [-0.1, -0.05) is 24.3 Å². The summed E-state index contributed by atoms with van der Waals surface area (Å²) in [7, 11) is 0. The molecule has 0 aliphatic carbocycles. The number of alkyl halides is 2. The van der Waals surface area contributed by atoms with Crippen LogP contribution < -0.4 is 0 Å². The zero-order valence-corrected chi connectivity index (χ0v) is 9.01. The molecular weight excluding hydrogens is 226 g/mol. The molecule has 0 aliphatic heterocycles. The van der Waals surface area contributed by atoms with E-state index in [1.807, 2.05) is 0 Å². The van der Waals surface area contributed by atoms with Crippen molar-refractivity contribution in [3.05, 3.63) is 59.5 Å². The molecule has 1 aromatic heterocycles. The molecule has 2 rings (SSSR count). The van der Waals surface area contributed by atoms with Crippen LogP contribution in [0.4, 0.5) is 8.78 Å². The maximum atomic E-state index is 12.3. The van der Waals surface area contributed by atoms with Gasteiger partial charge in [0.15, 0.2) is 0 Å². The van der Waals surface area contributed by atoms with Crippen molar-refractivity contribution in [1.82, 2.24) is 0 Å². The number of hydrogen-bond donors (Lipinski definition) is 1. The Morgan fingerprint density at radius 3 is 2.24 bits per heavy atom. The van der Waals surface area contributed by atoms with Crippen molar-refractivity contribution in [2.24, 2.45) is 0 Å². The van der Waals surface area contributed by atoms with Crippen LogP contribution in [0.3, 0.4) is 0 Å². The van der Waals surface area contributed by atoms with Crippen LogP contribution in [0.25, 0.3) is 0 Å². The molecule has 0 aliphatic rings. The summed E-state index contributed by atoms with van der Waals surface area (Å²) in [6, 6.07) is 9.17. The second-order valence-electron chi connectivity index (χ2n) is 3.77. The summed E-state index contributed by atoms with van der Waals surface area (Å²) in [6.07, 6.45) is -1.36. The van der Waals surface area contributed by atoms with Gasteiger partial charge in [0.2, 0.25) is 0 Å². The average molecular weight is 238 g/mol. The standard InChI is InChI=1S/C13H12F2O2/c14-13(15)10-5-3-9(4-6-10)12(16)8-11-2-1-7-17-11/h1-7,12-13,16H,8H2. The molecule has 1 atom stereocenters. The first kappa shape index (κ1) is 11.8. The van der Waals surface area contributed by atoms with E-state index in [0.717, 1.165) is 0 Å². The molecule has 1 aromatic carbocycles. The fraction of sp³-hybridized carbons (Fsp3) is 0.231. The second kappa shape index (κ2) is 5.10. The number of benzene rings is 1. The van der Waals surface area contributed by atoms with Gasteiger partial charge in [0.05, 0.1) is 12.4 Å². The van der Waals surface area contributed by atoms with E-state index in [-0.39, 0.29) is 5.56 Å². The van der Waals surface area contributed by atoms with Crippen LogP contribution in [-0.2, 0) is 6.42 Å². The predicted molar refractivity (Wildman–Crippen MR) is 58.8 cm³/mol. The number of rotatable bonds is 4. The van der Waals surface area contributed by atoms with Crippen LogP contribution in [0.2, 0.25) is 0 Å². The summed E-state index contributed by atoms with van der Waals surface area (Å²) in [5.41, 5.74) is 0.560. The summed E-state index contributed by atoms with van der Waals surface area (Å²) in [5.74, 6) is 0.662. The van der Waals surface area contributed by atoms with Crippen LogP contribution >= 0.6 is 0 Å². The minimum atomic E-state index is -2.48.